The Morgan fingerprint density at radius 3 is 2.18 bits per heavy atom. The second-order valence-corrected chi connectivity index (χ2v) is 5.89. The van der Waals surface area contributed by atoms with E-state index in [1.54, 1.807) is 7.05 Å². The summed E-state index contributed by atoms with van der Waals surface area (Å²) in [6.45, 7) is 11.7. The average Bonchev–Trinajstić information content (AvgIpc) is 2.33. The van der Waals surface area contributed by atoms with E-state index in [2.05, 4.69) is 38.3 Å². The standard InChI is InChI=1S/C14H30N2O/c1-7-9-10-14(5,12(17)15-6)16-11-13(3,4)8-2/h16H,7-11H2,1-6H3,(H,15,17). The van der Waals surface area contributed by atoms with Crippen molar-refractivity contribution in [2.24, 2.45) is 5.41 Å². The predicted octanol–water partition coefficient (Wildman–Crippen LogP) is 2.71. The van der Waals surface area contributed by atoms with E-state index >= 15 is 0 Å². The Hall–Kier alpha value is -0.570. The fourth-order valence-electron chi connectivity index (χ4n) is 1.65. The summed E-state index contributed by atoms with van der Waals surface area (Å²) in [5.41, 5.74) is -0.196. The van der Waals surface area contributed by atoms with Crippen LogP contribution in [0.4, 0.5) is 0 Å². The van der Waals surface area contributed by atoms with Crippen LogP contribution >= 0.6 is 0 Å². The monoisotopic (exact) mass is 242 g/mol. The summed E-state index contributed by atoms with van der Waals surface area (Å²) in [6, 6.07) is 0. The molecule has 0 saturated carbocycles. The van der Waals surface area contributed by atoms with E-state index < -0.39 is 5.54 Å². The smallest absolute Gasteiger partial charge is 0.239 e. The lowest BCUT2D eigenvalue weighted by molar-refractivity contribution is -0.127. The normalized spacial score (nSPS) is 15.4. The Kier molecular flexibility index (Phi) is 6.76. The number of unbranched alkanes of at least 4 members (excludes halogenated alkanes) is 1. The van der Waals surface area contributed by atoms with Crippen molar-refractivity contribution >= 4 is 5.91 Å². The Morgan fingerprint density at radius 1 is 1.18 bits per heavy atom. The highest BCUT2D eigenvalue weighted by molar-refractivity contribution is 5.85. The van der Waals surface area contributed by atoms with Gasteiger partial charge in [-0.2, -0.15) is 0 Å². The van der Waals surface area contributed by atoms with Crippen LogP contribution in [0, 0.1) is 5.41 Å². The van der Waals surface area contributed by atoms with Crippen LogP contribution in [0.5, 0.6) is 0 Å². The summed E-state index contributed by atoms with van der Waals surface area (Å²) in [7, 11) is 1.71. The zero-order valence-corrected chi connectivity index (χ0v) is 12.4. The molecule has 1 unspecified atom stereocenters. The van der Waals surface area contributed by atoms with Crippen molar-refractivity contribution in [3.63, 3.8) is 0 Å². The number of hydrogen-bond donors (Lipinski definition) is 2. The molecule has 0 spiro atoms. The van der Waals surface area contributed by atoms with Crippen molar-refractivity contribution in [3.05, 3.63) is 0 Å². The van der Waals surface area contributed by atoms with Crippen LogP contribution < -0.4 is 10.6 Å². The second-order valence-electron chi connectivity index (χ2n) is 5.89. The van der Waals surface area contributed by atoms with Gasteiger partial charge in [-0.15, -0.1) is 0 Å². The number of rotatable bonds is 8. The largest absolute Gasteiger partial charge is 0.358 e. The lowest BCUT2D eigenvalue weighted by Gasteiger charge is -2.33. The van der Waals surface area contributed by atoms with Gasteiger partial charge < -0.3 is 10.6 Å². The first kappa shape index (κ1) is 16.4. The maximum atomic E-state index is 12.0. The third-order valence-corrected chi connectivity index (χ3v) is 3.67. The van der Waals surface area contributed by atoms with Crippen molar-refractivity contribution in [1.82, 2.24) is 10.6 Å². The highest BCUT2D eigenvalue weighted by Gasteiger charge is 2.32. The average molecular weight is 242 g/mol. The van der Waals surface area contributed by atoms with Crippen molar-refractivity contribution in [2.75, 3.05) is 13.6 Å². The van der Waals surface area contributed by atoms with E-state index in [0.717, 1.165) is 32.2 Å². The first-order valence-electron chi connectivity index (χ1n) is 6.78. The molecule has 0 heterocycles. The van der Waals surface area contributed by atoms with Gasteiger partial charge in [0.1, 0.15) is 0 Å². The summed E-state index contributed by atoms with van der Waals surface area (Å²) in [5, 5.41) is 6.23. The predicted molar refractivity (Wildman–Crippen MR) is 74.1 cm³/mol. The zero-order valence-electron chi connectivity index (χ0n) is 12.4. The molecule has 0 aliphatic heterocycles. The van der Waals surface area contributed by atoms with Crippen LogP contribution in [0.15, 0.2) is 0 Å². The van der Waals surface area contributed by atoms with Gasteiger partial charge >= 0.3 is 0 Å². The van der Waals surface area contributed by atoms with E-state index in [1.165, 1.54) is 0 Å². The van der Waals surface area contributed by atoms with Crippen LogP contribution in [0.25, 0.3) is 0 Å². The number of amides is 1. The van der Waals surface area contributed by atoms with Gasteiger partial charge in [0, 0.05) is 13.6 Å². The van der Waals surface area contributed by atoms with E-state index in [0.29, 0.717) is 0 Å². The van der Waals surface area contributed by atoms with Gasteiger partial charge in [-0.25, -0.2) is 0 Å². The maximum Gasteiger partial charge on any atom is 0.239 e. The Morgan fingerprint density at radius 2 is 1.76 bits per heavy atom. The molecule has 1 atom stereocenters. The van der Waals surface area contributed by atoms with Crippen molar-refractivity contribution in [3.8, 4) is 0 Å². The van der Waals surface area contributed by atoms with E-state index in [9.17, 15) is 4.79 Å². The summed E-state index contributed by atoms with van der Waals surface area (Å²) in [4.78, 5) is 12.0. The van der Waals surface area contributed by atoms with Gasteiger partial charge in [0.2, 0.25) is 5.91 Å². The molecule has 0 radical (unpaired) electrons. The molecule has 0 aliphatic rings. The molecule has 0 aromatic heterocycles. The van der Waals surface area contributed by atoms with E-state index in [4.69, 9.17) is 0 Å². The molecule has 17 heavy (non-hydrogen) atoms. The number of nitrogens with one attached hydrogen (secondary N) is 2. The van der Waals surface area contributed by atoms with Crippen LogP contribution in [-0.4, -0.2) is 25.0 Å². The van der Waals surface area contributed by atoms with Gasteiger partial charge in [-0.3, -0.25) is 4.79 Å². The molecule has 0 aliphatic carbocycles. The Balaban J connectivity index is 4.54. The third kappa shape index (κ3) is 5.53. The summed E-state index contributed by atoms with van der Waals surface area (Å²) in [5.74, 6) is 0.0952. The van der Waals surface area contributed by atoms with Crippen molar-refractivity contribution in [1.29, 1.82) is 0 Å². The Bertz CT molecular complexity index is 238. The van der Waals surface area contributed by atoms with Gasteiger partial charge in [-0.1, -0.05) is 40.5 Å². The molecule has 0 bridgehead atoms. The van der Waals surface area contributed by atoms with Gasteiger partial charge in [0.25, 0.3) is 0 Å². The lowest BCUT2D eigenvalue weighted by Crippen LogP contribution is -2.56. The minimum absolute atomic E-state index is 0.0952. The summed E-state index contributed by atoms with van der Waals surface area (Å²) < 4.78 is 0. The molecule has 2 N–H and O–H groups in total. The molecule has 0 fully saturated rings. The second kappa shape index (κ2) is 7.00. The number of carbonyl (C=O) groups is 1. The fraction of sp³-hybridized carbons (Fsp3) is 0.929. The van der Waals surface area contributed by atoms with E-state index in [-0.39, 0.29) is 11.3 Å². The minimum atomic E-state index is -0.433. The maximum absolute atomic E-state index is 12.0. The third-order valence-electron chi connectivity index (χ3n) is 3.67. The summed E-state index contributed by atoms with van der Waals surface area (Å²) >= 11 is 0. The van der Waals surface area contributed by atoms with Gasteiger partial charge in [0.05, 0.1) is 5.54 Å². The zero-order chi connectivity index (χ0) is 13.5. The van der Waals surface area contributed by atoms with Crippen LogP contribution in [0.2, 0.25) is 0 Å². The highest BCUT2D eigenvalue weighted by atomic mass is 16.2. The molecule has 102 valence electrons. The molecule has 0 aromatic carbocycles. The van der Waals surface area contributed by atoms with Gasteiger partial charge in [-0.05, 0) is 25.2 Å². The molecule has 3 nitrogen and oxygen atoms in total. The Labute approximate surface area is 107 Å². The SMILES string of the molecule is CCCCC(C)(NCC(C)(C)CC)C(=O)NC. The molecular weight excluding hydrogens is 212 g/mol. The number of hydrogen-bond acceptors (Lipinski definition) is 2. The fourth-order valence-corrected chi connectivity index (χ4v) is 1.65. The lowest BCUT2D eigenvalue weighted by atomic mass is 9.87. The molecule has 0 rings (SSSR count). The summed E-state index contributed by atoms with van der Waals surface area (Å²) in [6.07, 6.45) is 4.19. The first-order valence-corrected chi connectivity index (χ1v) is 6.78. The molecule has 0 saturated heterocycles. The molecule has 0 aromatic rings. The molecule has 1 amide bonds. The van der Waals surface area contributed by atoms with Crippen molar-refractivity contribution in [2.45, 2.75) is 65.8 Å². The van der Waals surface area contributed by atoms with Gasteiger partial charge in [0.15, 0.2) is 0 Å². The molecule has 3 heteroatoms. The number of carbonyl (C=O) groups excluding carboxylic acids is 1. The van der Waals surface area contributed by atoms with Crippen molar-refractivity contribution < 1.29 is 4.79 Å². The van der Waals surface area contributed by atoms with Crippen LogP contribution in [0.1, 0.15) is 60.3 Å². The number of likely N-dealkylation sites (N-methyl/N-ethyl adjacent to an activating group) is 1. The molecular formula is C14H30N2O. The minimum Gasteiger partial charge on any atom is -0.358 e. The quantitative estimate of drug-likeness (QED) is 0.687. The van der Waals surface area contributed by atoms with Crippen LogP contribution in [0.3, 0.4) is 0 Å². The topological polar surface area (TPSA) is 41.1 Å². The van der Waals surface area contributed by atoms with E-state index in [1.807, 2.05) is 6.92 Å². The van der Waals surface area contributed by atoms with Crippen LogP contribution in [-0.2, 0) is 4.79 Å². The highest BCUT2D eigenvalue weighted by Crippen LogP contribution is 2.21. The first-order chi connectivity index (χ1) is 7.81.